The summed E-state index contributed by atoms with van der Waals surface area (Å²) in [4.78, 5) is 26.1. The van der Waals surface area contributed by atoms with E-state index in [4.69, 9.17) is 9.47 Å². The van der Waals surface area contributed by atoms with Crippen molar-refractivity contribution in [3.8, 4) is 11.8 Å². The third kappa shape index (κ3) is 5.19. The molecule has 2 N–H and O–H groups in total. The highest BCUT2D eigenvalue weighted by atomic mass is 19.4. The van der Waals surface area contributed by atoms with Gasteiger partial charge in [0.2, 0.25) is 0 Å². The van der Waals surface area contributed by atoms with Crippen LogP contribution in [0.4, 0.5) is 35.2 Å². The molecule has 0 unspecified atom stereocenters. The predicted molar refractivity (Wildman–Crippen MR) is 114 cm³/mol. The quantitative estimate of drug-likeness (QED) is 0.393. The second-order valence-corrected chi connectivity index (χ2v) is 7.79. The van der Waals surface area contributed by atoms with Crippen molar-refractivity contribution in [1.82, 2.24) is 9.55 Å². The Labute approximate surface area is 190 Å². The maximum absolute atomic E-state index is 12.6. The van der Waals surface area contributed by atoms with Gasteiger partial charge in [0.05, 0.1) is 12.1 Å². The van der Waals surface area contributed by atoms with Crippen molar-refractivity contribution >= 4 is 23.2 Å². The fraction of sp³-hybridized carbons (Fsp3) is 0.238. The van der Waals surface area contributed by atoms with Crippen molar-refractivity contribution in [3.63, 3.8) is 0 Å². The van der Waals surface area contributed by atoms with Crippen molar-refractivity contribution < 1.29 is 32.4 Å². The largest absolute Gasteiger partial charge is 0.489 e. The summed E-state index contributed by atoms with van der Waals surface area (Å²) < 4.78 is 50.8. The number of aromatic nitrogens is 2. The first-order valence-corrected chi connectivity index (χ1v) is 9.89. The SMILES string of the molecule is C[C@]1(COc2ccc(NC(=O)Nc3ccc(C(F)(F)F)cc3)cc2)Cn2cc([N+](=O)[O-])nc2O1. The lowest BCUT2D eigenvalue weighted by Crippen LogP contribution is -2.38. The van der Waals surface area contributed by atoms with E-state index in [2.05, 4.69) is 15.6 Å². The lowest BCUT2D eigenvalue weighted by molar-refractivity contribution is -0.389. The number of carbonyl (C=O) groups is 1. The fourth-order valence-electron chi connectivity index (χ4n) is 3.26. The molecule has 2 heterocycles. The molecule has 1 atom stereocenters. The summed E-state index contributed by atoms with van der Waals surface area (Å²) in [5.41, 5.74) is -0.930. The molecule has 2 aromatic carbocycles. The molecule has 178 valence electrons. The van der Waals surface area contributed by atoms with Crippen molar-refractivity contribution in [2.24, 2.45) is 0 Å². The van der Waals surface area contributed by atoms with Gasteiger partial charge in [-0.3, -0.25) is 4.57 Å². The molecule has 13 heteroatoms. The van der Waals surface area contributed by atoms with E-state index in [1.807, 2.05) is 0 Å². The summed E-state index contributed by atoms with van der Waals surface area (Å²) in [7, 11) is 0. The van der Waals surface area contributed by atoms with Crippen LogP contribution in [-0.4, -0.2) is 32.7 Å². The summed E-state index contributed by atoms with van der Waals surface area (Å²) in [5.74, 6) is 0.206. The number of halogens is 3. The standard InChI is InChI=1S/C21H18F3N5O5/c1-20(11-28-10-17(29(31)32)27-19(28)34-20)12-33-16-8-6-15(7-9-16)26-18(30)25-14-4-2-13(3-5-14)21(22,23)24/h2-10H,11-12H2,1H3,(H2,25,26,30)/t20-/m1/s1. The number of hydrogen-bond acceptors (Lipinski definition) is 6. The van der Waals surface area contributed by atoms with Crippen LogP contribution in [-0.2, 0) is 12.7 Å². The zero-order valence-electron chi connectivity index (χ0n) is 17.6. The molecule has 10 nitrogen and oxygen atoms in total. The molecule has 0 bridgehead atoms. The van der Waals surface area contributed by atoms with E-state index in [1.54, 1.807) is 35.8 Å². The maximum atomic E-state index is 12.6. The number of ether oxygens (including phenoxy) is 2. The van der Waals surface area contributed by atoms with Gasteiger partial charge >= 0.3 is 24.0 Å². The molecule has 0 radical (unpaired) electrons. The minimum Gasteiger partial charge on any atom is -0.489 e. The molecule has 1 aromatic heterocycles. The Morgan fingerprint density at radius 1 is 1.18 bits per heavy atom. The van der Waals surface area contributed by atoms with Gasteiger partial charge in [-0.1, -0.05) is 0 Å². The average Bonchev–Trinajstić information content (AvgIpc) is 3.28. The molecule has 1 aliphatic heterocycles. The predicted octanol–water partition coefficient (Wildman–Crippen LogP) is 4.68. The van der Waals surface area contributed by atoms with Gasteiger partial charge in [0.1, 0.15) is 18.6 Å². The van der Waals surface area contributed by atoms with Gasteiger partial charge in [-0.15, -0.1) is 0 Å². The molecule has 34 heavy (non-hydrogen) atoms. The molecule has 0 spiro atoms. The van der Waals surface area contributed by atoms with Crippen LogP contribution in [0.1, 0.15) is 12.5 Å². The van der Waals surface area contributed by atoms with Gasteiger partial charge in [-0.2, -0.15) is 13.2 Å². The number of alkyl halides is 3. The van der Waals surface area contributed by atoms with Crippen LogP contribution in [0.15, 0.2) is 54.7 Å². The monoisotopic (exact) mass is 477 g/mol. The van der Waals surface area contributed by atoms with Crippen molar-refractivity contribution in [2.75, 3.05) is 17.2 Å². The van der Waals surface area contributed by atoms with E-state index in [1.165, 1.54) is 6.20 Å². The summed E-state index contributed by atoms with van der Waals surface area (Å²) in [6, 6.07) is 10.0. The second-order valence-electron chi connectivity index (χ2n) is 7.79. The molecule has 0 saturated heterocycles. The molecular formula is C21H18F3N5O5. The number of urea groups is 1. The Morgan fingerprint density at radius 2 is 1.76 bits per heavy atom. The average molecular weight is 477 g/mol. The van der Waals surface area contributed by atoms with Crippen molar-refractivity contribution in [1.29, 1.82) is 0 Å². The molecule has 4 rings (SSSR count). The molecule has 2 amide bonds. The lowest BCUT2D eigenvalue weighted by atomic mass is 10.1. The van der Waals surface area contributed by atoms with Crippen molar-refractivity contribution in [3.05, 3.63) is 70.4 Å². The third-order valence-corrected chi connectivity index (χ3v) is 4.88. The van der Waals surface area contributed by atoms with Crippen LogP contribution in [0.2, 0.25) is 0 Å². The van der Waals surface area contributed by atoms with Crippen LogP contribution in [0.25, 0.3) is 0 Å². The number of imidazole rings is 1. The number of anilines is 2. The van der Waals surface area contributed by atoms with Gasteiger partial charge in [-0.25, -0.2) is 4.79 Å². The van der Waals surface area contributed by atoms with E-state index in [0.717, 1.165) is 24.3 Å². The number of fused-ring (bicyclic) bond motifs is 1. The first-order chi connectivity index (χ1) is 16.0. The Balaban J connectivity index is 1.27. The summed E-state index contributed by atoms with van der Waals surface area (Å²) in [6.07, 6.45) is -3.15. The minimum atomic E-state index is -4.45. The number of nitrogens with one attached hydrogen (secondary N) is 2. The maximum Gasteiger partial charge on any atom is 0.416 e. The van der Waals surface area contributed by atoms with Crippen LogP contribution < -0.4 is 20.1 Å². The topological polar surface area (TPSA) is 121 Å². The van der Waals surface area contributed by atoms with Gasteiger partial charge in [0, 0.05) is 16.4 Å². The van der Waals surface area contributed by atoms with Crippen molar-refractivity contribution in [2.45, 2.75) is 25.2 Å². The summed E-state index contributed by atoms with van der Waals surface area (Å²) in [5, 5.41) is 15.8. The number of carbonyl (C=O) groups excluding carboxylic acids is 1. The minimum absolute atomic E-state index is 0.144. The third-order valence-electron chi connectivity index (χ3n) is 4.88. The van der Waals surface area contributed by atoms with Crippen LogP contribution in [0.5, 0.6) is 11.8 Å². The molecule has 1 aliphatic rings. The molecule has 0 fully saturated rings. The van der Waals surface area contributed by atoms with Crippen LogP contribution in [0.3, 0.4) is 0 Å². The lowest BCUT2D eigenvalue weighted by Gasteiger charge is -2.22. The highest BCUT2D eigenvalue weighted by Crippen LogP contribution is 2.32. The number of benzene rings is 2. The molecular weight excluding hydrogens is 459 g/mol. The highest BCUT2D eigenvalue weighted by Gasteiger charge is 2.41. The first kappa shape index (κ1) is 22.9. The van der Waals surface area contributed by atoms with Crippen LogP contribution in [0, 0.1) is 10.1 Å². The molecule has 0 saturated carbocycles. The van der Waals surface area contributed by atoms with Crippen LogP contribution >= 0.6 is 0 Å². The van der Waals surface area contributed by atoms with E-state index >= 15 is 0 Å². The Hall–Kier alpha value is -4.29. The van der Waals surface area contributed by atoms with E-state index in [9.17, 15) is 28.1 Å². The van der Waals surface area contributed by atoms with E-state index in [-0.39, 0.29) is 24.1 Å². The van der Waals surface area contributed by atoms with Gasteiger partial charge in [-0.05, 0) is 60.4 Å². The number of rotatable bonds is 6. The van der Waals surface area contributed by atoms with Gasteiger partial charge < -0.3 is 30.2 Å². The smallest absolute Gasteiger partial charge is 0.416 e. The number of nitrogens with zero attached hydrogens (tertiary/aromatic N) is 3. The number of nitro groups is 1. The summed E-state index contributed by atoms with van der Waals surface area (Å²) in [6.45, 7) is 2.26. The zero-order valence-corrected chi connectivity index (χ0v) is 17.6. The Bertz CT molecular complexity index is 1190. The zero-order chi connectivity index (χ0) is 24.5. The first-order valence-electron chi connectivity index (χ1n) is 9.89. The van der Waals surface area contributed by atoms with Gasteiger partial charge in [0.15, 0.2) is 5.60 Å². The Morgan fingerprint density at radius 3 is 2.29 bits per heavy atom. The Kier molecular flexibility index (Phi) is 5.77. The van der Waals surface area contributed by atoms with E-state index in [0.29, 0.717) is 18.0 Å². The molecule has 3 aromatic rings. The number of hydrogen-bond donors (Lipinski definition) is 2. The highest BCUT2D eigenvalue weighted by molar-refractivity contribution is 5.99. The normalized spacial score (nSPS) is 16.9. The van der Waals surface area contributed by atoms with E-state index < -0.39 is 28.3 Å². The van der Waals surface area contributed by atoms with Gasteiger partial charge in [0.25, 0.3) is 0 Å². The summed E-state index contributed by atoms with van der Waals surface area (Å²) >= 11 is 0. The fourth-order valence-corrected chi connectivity index (χ4v) is 3.26. The number of amides is 2. The second kappa shape index (κ2) is 8.57. The molecule has 0 aliphatic carbocycles.